The van der Waals surface area contributed by atoms with E-state index in [1.54, 1.807) is 0 Å². The molecule has 2 aromatic heterocycles. The fourth-order valence-corrected chi connectivity index (χ4v) is 5.59. The molecule has 0 radical (unpaired) electrons. The van der Waals surface area contributed by atoms with E-state index >= 15 is 0 Å². The number of hydrogen-bond acceptors (Lipinski definition) is 7. The number of carbonyl (C=O) groups is 1. The maximum Gasteiger partial charge on any atom is 0.312 e. The van der Waals surface area contributed by atoms with Crippen LogP contribution in [0.4, 0.5) is 10.2 Å². The number of hydrogen-bond donors (Lipinski definition) is 2. The molecular formula is C33H52FN5O4. The summed E-state index contributed by atoms with van der Waals surface area (Å²) in [4.78, 5) is 24.7. The summed E-state index contributed by atoms with van der Waals surface area (Å²) in [7, 11) is 0. The molecule has 1 amide bonds. The van der Waals surface area contributed by atoms with E-state index in [-0.39, 0.29) is 35.9 Å². The van der Waals surface area contributed by atoms with Crippen LogP contribution in [0.25, 0.3) is 11.2 Å². The van der Waals surface area contributed by atoms with Crippen molar-refractivity contribution >= 4 is 22.9 Å². The van der Waals surface area contributed by atoms with Crippen LogP contribution in [0.2, 0.25) is 0 Å². The third kappa shape index (κ3) is 10.8. The molecule has 2 aromatic rings. The number of ether oxygens (including phenoxy) is 2. The molecule has 10 heteroatoms. The number of aliphatic hydroxyl groups excluding tert-OH is 1. The maximum absolute atomic E-state index is 14.5. The second-order valence-electron chi connectivity index (χ2n) is 11.8. The van der Waals surface area contributed by atoms with Crippen LogP contribution >= 0.6 is 0 Å². The lowest BCUT2D eigenvalue weighted by molar-refractivity contribution is -0.116. The molecule has 3 heterocycles. The van der Waals surface area contributed by atoms with Gasteiger partial charge >= 0.3 is 6.08 Å². The van der Waals surface area contributed by atoms with Crippen molar-refractivity contribution < 1.29 is 23.8 Å². The minimum Gasteiger partial charge on any atom is -0.389 e. The van der Waals surface area contributed by atoms with Gasteiger partial charge in [0.25, 0.3) is 0 Å². The molecule has 43 heavy (non-hydrogen) atoms. The average Bonchev–Trinajstić information content (AvgIpc) is 3.56. The third-order valence-electron chi connectivity index (χ3n) is 8.23. The molecule has 3 atom stereocenters. The number of imidazole rings is 1. The molecule has 0 spiro atoms. The van der Waals surface area contributed by atoms with Crippen molar-refractivity contribution in [3.8, 4) is 12.3 Å². The number of fused-ring (bicyclic) bond motifs is 1. The number of anilines is 1. The highest BCUT2D eigenvalue weighted by Crippen LogP contribution is 2.38. The van der Waals surface area contributed by atoms with Gasteiger partial charge in [0.05, 0.1) is 12.9 Å². The van der Waals surface area contributed by atoms with E-state index in [1.165, 1.54) is 75.1 Å². The first-order chi connectivity index (χ1) is 20.9. The van der Waals surface area contributed by atoms with Crippen molar-refractivity contribution in [2.24, 2.45) is 0 Å². The van der Waals surface area contributed by atoms with E-state index in [0.717, 1.165) is 38.5 Å². The molecule has 0 bridgehead atoms. The molecule has 0 aliphatic carbocycles. The van der Waals surface area contributed by atoms with E-state index in [9.17, 15) is 14.3 Å². The molecule has 3 rings (SSSR count). The molecule has 0 saturated carbocycles. The Morgan fingerprint density at radius 1 is 1.05 bits per heavy atom. The Kier molecular flexibility index (Phi) is 15.3. The molecule has 0 unspecified atom stereocenters. The van der Waals surface area contributed by atoms with Gasteiger partial charge in [0.15, 0.2) is 22.6 Å². The van der Waals surface area contributed by atoms with Crippen molar-refractivity contribution in [1.29, 1.82) is 0 Å². The summed E-state index contributed by atoms with van der Waals surface area (Å²) in [6.45, 7) is 4.98. The molecule has 1 aliphatic rings. The van der Waals surface area contributed by atoms with Gasteiger partial charge in [-0.05, 0) is 12.8 Å². The Morgan fingerprint density at radius 3 is 2.28 bits per heavy atom. The zero-order valence-electron chi connectivity index (χ0n) is 26.3. The van der Waals surface area contributed by atoms with Crippen molar-refractivity contribution in [1.82, 2.24) is 19.5 Å². The standard InChI is InChI=1S/C33H52FN5O4/c1-4-7-9-11-12-13-14-15-16-17-19-21-27(41)36-30-29-31(38-32(34)37-30)39(25-35-29)28-23-26(40)33(6-3,43-28)24-42-22-20-18-10-8-5-2/h3,25-26,28,40H,4-5,7-24H2,1-2H3,(H,36,37,38,41)/t26-,28+,33+/m0/s1. The van der Waals surface area contributed by atoms with E-state index in [0.29, 0.717) is 13.0 Å². The largest absolute Gasteiger partial charge is 0.389 e. The van der Waals surface area contributed by atoms with Crippen LogP contribution in [0.5, 0.6) is 0 Å². The third-order valence-corrected chi connectivity index (χ3v) is 8.23. The van der Waals surface area contributed by atoms with Crippen LogP contribution in [-0.2, 0) is 14.3 Å². The number of halogens is 1. The normalized spacial score (nSPS) is 20.1. The SMILES string of the molecule is C#C[C@]1(COCCCCCCC)O[C@@H](n2cnc3c(NC(=O)CCCCCCCCCCCCC)nc(F)nc32)C[C@@H]1O. The van der Waals surface area contributed by atoms with Crippen LogP contribution in [0.15, 0.2) is 6.33 Å². The number of nitrogens with one attached hydrogen (secondary N) is 1. The maximum atomic E-state index is 14.5. The summed E-state index contributed by atoms with van der Waals surface area (Å²) in [5.74, 6) is 2.36. The Hall–Kier alpha value is -2.61. The summed E-state index contributed by atoms with van der Waals surface area (Å²) >= 11 is 0. The molecular weight excluding hydrogens is 549 g/mol. The minimum atomic E-state index is -1.33. The lowest BCUT2D eigenvalue weighted by atomic mass is 9.99. The van der Waals surface area contributed by atoms with Gasteiger partial charge < -0.3 is 19.9 Å². The van der Waals surface area contributed by atoms with Gasteiger partial charge in [-0.3, -0.25) is 9.36 Å². The van der Waals surface area contributed by atoms with Gasteiger partial charge in [-0.15, -0.1) is 6.42 Å². The fourth-order valence-electron chi connectivity index (χ4n) is 5.59. The summed E-state index contributed by atoms with van der Waals surface area (Å²) < 4.78 is 27.9. The quantitative estimate of drug-likeness (QED) is 0.0831. The van der Waals surface area contributed by atoms with Crippen molar-refractivity contribution in [3.05, 3.63) is 12.4 Å². The second-order valence-corrected chi connectivity index (χ2v) is 11.8. The number of unbranched alkanes of at least 4 members (excludes halogenated alkanes) is 14. The Balaban J connectivity index is 1.49. The first-order valence-corrected chi connectivity index (χ1v) is 16.5. The highest BCUT2D eigenvalue weighted by Gasteiger charge is 2.48. The zero-order chi connectivity index (χ0) is 30.9. The van der Waals surface area contributed by atoms with E-state index in [4.69, 9.17) is 15.9 Å². The zero-order valence-corrected chi connectivity index (χ0v) is 26.3. The molecule has 0 aromatic carbocycles. The molecule has 240 valence electrons. The molecule has 1 fully saturated rings. The van der Waals surface area contributed by atoms with E-state index in [2.05, 4.69) is 40.0 Å². The number of carbonyl (C=O) groups excluding carboxylic acids is 1. The smallest absolute Gasteiger partial charge is 0.312 e. The van der Waals surface area contributed by atoms with Gasteiger partial charge in [-0.2, -0.15) is 14.4 Å². The highest BCUT2D eigenvalue weighted by molar-refractivity contribution is 5.96. The first-order valence-electron chi connectivity index (χ1n) is 16.5. The van der Waals surface area contributed by atoms with E-state index in [1.807, 2.05) is 0 Å². The number of aliphatic hydroxyl groups is 1. The molecule has 2 N–H and O–H groups in total. The fraction of sp³-hybridized carbons (Fsp3) is 0.758. The van der Waals surface area contributed by atoms with Crippen LogP contribution in [0, 0.1) is 18.4 Å². The van der Waals surface area contributed by atoms with Gasteiger partial charge in [-0.1, -0.05) is 110 Å². The average molecular weight is 602 g/mol. The van der Waals surface area contributed by atoms with E-state index < -0.39 is 24.0 Å². The Bertz CT molecular complexity index is 1150. The Labute approximate surface area is 256 Å². The van der Waals surface area contributed by atoms with Crippen molar-refractivity contribution in [2.45, 2.75) is 147 Å². The number of aromatic nitrogens is 4. The number of amides is 1. The summed E-state index contributed by atoms with van der Waals surface area (Å²) in [5.41, 5.74) is -0.935. The highest BCUT2D eigenvalue weighted by atomic mass is 19.1. The second kappa shape index (κ2) is 18.9. The Morgan fingerprint density at radius 2 is 1.65 bits per heavy atom. The first kappa shape index (κ1) is 34.9. The molecule has 1 saturated heterocycles. The number of terminal acetylenes is 1. The number of nitrogens with zero attached hydrogens (tertiary/aromatic N) is 4. The topological polar surface area (TPSA) is 111 Å². The predicted molar refractivity (Wildman–Crippen MR) is 167 cm³/mol. The monoisotopic (exact) mass is 601 g/mol. The van der Waals surface area contributed by atoms with Gasteiger partial charge in [0.2, 0.25) is 5.91 Å². The van der Waals surface area contributed by atoms with Gasteiger partial charge in [-0.25, -0.2) is 4.98 Å². The van der Waals surface area contributed by atoms with Crippen LogP contribution < -0.4 is 5.32 Å². The molecule has 1 aliphatic heterocycles. The van der Waals surface area contributed by atoms with Crippen LogP contribution in [0.3, 0.4) is 0 Å². The summed E-state index contributed by atoms with van der Waals surface area (Å²) in [5, 5.41) is 13.5. The summed E-state index contributed by atoms with van der Waals surface area (Å²) in [6.07, 6.45) is 23.7. The molecule has 9 nitrogen and oxygen atoms in total. The lowest BCUT2D eigenvalue weighted by Gasteiger charge is -2.26. The number of rotatable bonds is 22. The predicted octanol–water partition coefficient (Wildman–Crippen LogP) is 7.24. The van der Waals surface area contributed by atoms with Crippen LogP contribution in [0.1, 0.15) is 136 Å². The summed E-state index contributed by atoms with van der Waals surface area (Å²) in [6, 6.07) is 0. The van der Waals surface area contributed by atoms with Crippen molar-refractivity contribution in [3.63, 3.8) is 0 Å². The van der Waals surface area contributed by atoms with Gasteiger partial charge in [0, 0.05) is 19.4 Å². The van der Waals surface area contributed by atoms with Crippen molar-refractivity contribution in [2.75, 3.05) is 18.5 Å². The van der Waals surface area contributed by atoms with Crippen LogP contribution in [-0.4, -0.2) is 55.5 Å². The lowest BCUT2D eigenvalue weighted by Crippen LogP contribution is -2.42. The van der Waals surface area contributed by atoms with Gasteiger partial charge in [0.1, 0.15) is 12.3 Å². The minimum absolute atomic E-state index is 0.0162.